The Kier molecular flexibility index (Phi) is 6.92. The van der Waals surface area contributed by atoms with Gasteiger partial charge >= 0.3 is 5.69 Å². The van der Waals surface area contributed by atoms with Gasteiger partial charge in [-0.15, -0.1) is 0 Å². The van der Waals surface area contributed by atoms with Crippen molar-refractivity contribution in [1.29, 1.82) is 0 Å². The van der Waals surface area contributed by atoms with Crippen molar-refractivity contribution in [2.75, 3.05) is 0 Å². The van der Waals surface area contributed by atoms with Crippen LogP contribution in [0.5, 0.6) is 0 Å². The normalized spacial score (nSPS) is 29.2. The average Bonchev–Trinajstić information content (AvgIpc) is 3.17. The number of nitrogens with one attached hydrogen (secondary N) is 1. The Bertz CT molecular complexity index is 973. The topological polar surface area (TPSA) is 82.5 Å². The van der Waals surface area contributed by atoms with Gasteiger partial charge in [0.2, 0.25) is 0 Å². The molecule has 2 aliphatic rings. The van der Waals surface area contributed by atoms with Crippen LogP contribution in [0.15, 0.2) is 21.9 Å². The van der Waals surface area contributed by atoms with Crippen LogP contribution in [0.2, 0.25) is 36.3 Å². The highest BCUT2D eigenvalue weighted by molar-refractivity contribution is 6.74. The largest absolute Gasteiger partial charge is 0.411 e. The van der Waals surface area contributed by atoms with Gasteiger partial charge in [-0.25, -0.2) is 4.79 Å². The number of ether oxygens (including phenoxy) is 1. The van der Waals surface area contributed by atoms with Crippen molar-refractivity contribution in [1.82, 2.24) is 9.55 Å². The lowest BCUT2D eigenvalue weighted by Crippen LogP contribution is -2.57. The Morgan fingerprint density at radius 1 is 1.00 bits per heavy atom. The van der Waals surface area contributed by atoms with Crippen LogP contribution in [0.4, 0.5) is 0 Å². The molecule has 1 aromatic rings. The first-order valence-electron chi connectivity index (χ1n) is 12.2. The van der Waals surface area contributed by atoms with Crippen LogP contribution in [0.25, 0.3) is 0 Å². The molecule has 1 spiro atoms. The molecule has 1 aliphatic carbocycles. The number of nitrogens with zero attached hydrogens (tertiary/aromatic N) is 1. The van der Waals surface area contributed by atoms with E-state index in [4.69, 9.17) is 13.6 Å². The third-order valence-electron chi connectivity index (χ3n) is 8.54. The quantitative estimate of drug-likeness (QED) is 0.569. The summed E-state index contributed by atoms with van der Waals surface area (Å²) in [4.78, 5) is 26.6. The molecule has 2 fully saturated rings. The highest BCUT2D eigenvalue weighted by atomic mass is 28.4. The molecule has 0 bridgehead atoms. The minimum Gasteiger partial charge on any atom is -0.411 e. The maximum absolute atomic E-state index is 12.6. The zero-order valence-electron chi connectivity index (χ0n) is 22.2. The third kappa shape index (κ3) is 5.03. The monoisotopic (exact) mass is 496 g/mol. The van der Waals surface area contributed by atoms with Gasteiger partial charge in [-0.3, -0.25) is 14.3 Å². The van der Waals surface area contributed by atoms with Gasteiger partial charge in [-0.1, -0.05) is 41.5 Å². The first-order valence-corrected chi connectivity index (χ1v) is 18.1. The number of rotatable bonds is 5. The molecule has 33 heavy (non-hydrogen) atoms. The summed E-state index contributed by atoms with van der Waals surface area (Å²) in [6.45, 7) is 22.6. The van der Waals surface area contributed by atoms with Gasteiger partial charge in [0.25, 0.3) is 5.56 Å². The second-order valence-electron chi connectivity index (χ2n) is 12.9. The molecule has 188 valence electrons. The summed E-state index contributed by atoms with van der Waals surface area (Å²) in [5.41, 5.74) is -1.45. The molecular weight excluding hydrogens is 452 g/mol. The molecule has 9 heteroatoms. The summed E-state index contributed by atoms with van der Waals surface area (Å²) in [6.07, 6.45) is 4.15. The van der Waals surface area contributed by atoms with E-state index in [1.54, 1.807) is 0 Å². The summed E-state index contributed by atoms with van der Waals surface area (Å²) in [5, 5.41) is 0.135. The van der Waals surface area contributed by atoms with Crippen LogP contribution >= 0.6 is 0 Å². The standard InChI is InChI=1S/C24H44N2O5Si2/c1-22(2,3)32(7,8)30-17-12-11-14-24(17)18(31-33(9,10)23(4,5)6)16-20(29-24)26-15-13-19(27)25-21(26)28/h13,15,17-18,20H,11-12,14,16H2,1-10H3,(H,25,27,28)/t17-,18-,20-,24+/m0/s1. The summed E-state index contributed by atoms with van der Waals surface area (Å²) < 4.78 is 22.3. The average molecular weight is 497 g/mol. The highest BCUT2D eigenvalue weighted by Gasteiger charge is 2.61. The number of aromatic amines is 1. The lowest BCUT2D eigenvalue weighted by molar-refractivity contribution is -0.142. The minimum absolute atomic E-state index is 0.0511. The van der Waals surface area contributed by atoms with Crippen molar-refractivity contribution in [2.45, 2.75) is 128 Å². The number of hydrogen-bond acceptors (Lipinski definition) is 5. The SMILES string of the molecule is CC(C)(C)[Si](C)(C)O[C@H]1CCC[C@@]12O[C@H](n1ccc(=O)[nH]c1=O)C[C@@H]2O[Si](C)(C)C(C)(C)C. The Balaban J connectivity index is 2.02. The van der Waals surface area contributed by atoms with Gasteiger partial charge in [0.15, 0.2) is 16.6 Å². The molecule has 2 heterocycles. The van der Waals surface area contributed by atoms with Gasteiger partial charge in [0.05, 0.1) is 12.2 Å². The minimum atomic E-state index is -2.11. The number of aromatic nitrogens is 2. The summed E-state index contributed by atoms with van der Waals surface area (Å²) in [5.74, 6) is 0. The molecule has 0 radical (unpaired) electrons. The molecule has 7 nitrogen and oxygen atoms in total. The second-order valence-corrected chi connectivity index (χ2v) is 22.4. The Hall–Kier alpha value is -1.01. The van der Waals surface area contributed by atoms with Crippen molar-refractivity contribution < 1.29 is 13.6 Å². The molecular formula is C24H44N2O5Si2. The van der Waals surface area contributed by atoms with Crippen LogP contribution in [-0.4, -0.2) is 44.0 Å². The summed E-state index contributed by atoms with van der Waals surface area (Å²) in [7, 11) is -4.16. The Morgan fingerprint density at radius 2 is 1.55 bits per heavy atom. The van der Waals surface area contributed by atoms with Crippen molar-refractivity contribution in [3.8, 4) is 0 Å². The maximum atomic E-state index is 12.6. The lowest BCUT2D eigenvalue weighted by Gasteiger charge is -2.46. The van der Waals surface area contributed by atoms with Gasteiger partial charge < -0.3 is 13.6 Å². The van der Waals surface area contributed by atoms with E-state index in [-0.39, 0.29) is 22.3 Å². The molecule has 1 aliphatic heterocycles. The second kappa shape index (κ2) is 8.58. The molecule has 1 saturated carbocycles. The maximum Gasteiger partial charge on any atom is 0.330 e. The Morgan fingerprint density at radius 3 is 2.06 bits per heavy atom. The van der Waals surface area contributed by atoms with E-state index in [0.717, 1.165) is 19.3 Å². The smallest absolute Gasteiger partial charge is 0.330 e. The van der Waals surface area contributed by atoms with Crippen molar-refractivity contribution in [3.63, 3.8) is 0 Å². The molecule has 1 aromatic heterocycles. The van der Waals surface area contributed by atoms with E-state index < -0.39 is 39.7 Å². The predicted molar refractivity (Wildman–Crippen MR) is 137 cm³/mol. The molecule has 1 N–H and O–H groups in total. The first kappa shape index (κ1) is 26.6. The summed E-state index contributed by atoms with van der Waals surface area (Å²) >= 11 is 0. The van der Waals surface area contributed by atoms with Crippen LogP contribution in [0, 0.1) is 0 Å². The summed E-state index contributed by atoms with van der Waals surface area (Å²) in [6, 6.07) is 1.37. The highest BCUT2D eigenvalue weighted by Crippen LogP contribution is 2.53. The molecule has 4 atom stereocenters. The molecule has 0 amide bonds. The van der Waals surface area contributed by atoms with Gasteiger partial charge in [-0.2, -0.15) is 0 Å². The van der Waals surface area contributed by atoms with E-state index in [1.807, 2.05) is 0 Å². The number of H-pyrrole nitrogens is 1. The molecule has 0 unspecified atom stereocenters. The van der Waals surface area contributed by atoms with E-state index >= 15 is 0 Å². The van der Waals surface area contributed by atoms with Crippen LogP contribution in [-0.2, 0) is 13.6 Å². The van der Waals surface area contributed by atoms with Crippen LogP contribution < -0.4 is 11.2 Å². The van der Waals surface area contributed by atoms with Gasteiger partial charge in [-0.05, 0) is 55.5 Å². The van der Waals surface area contributed by atoms with E-state index in [2.05, 4.69) is 72.7 Å². The first-order chi connectivity index (χ1) is 14.9. The molecule has 0 aromatic carbocycles. The van der Waals surface area contributed by atoms with Gasteiger partial charge in [0, 0.05) is 18.7 Å². The zero-order valence-corrected chi connectivity index (χ0v) is 24.2. The van der Waals surface area contributed by atoms with Crippen molar-refractivity contribution in [2.24, 2.45) is 0 Å². The van der Waals surface area contributed by atoms with Crippen LogP contribution in [0.3, 0.4) is 0 Å². The fraction of sp³-hybridized carbons (Fsp3) is 0.833. The fourth-order valence-electron chi connectivity index (χ4n) is 4.43. The third-order valence-corrected chi connectivity index (χ3v) is 17.5. The van der Waals surface area contributed by atoms with E-state index in [9.17, 15) is 9.59 Å². The van der Waals surface area contributed by atoms with Crippen molar-refractivity contribution in [3.05, 3.63) is 33.1 Å². The van der Waals surface area contributed by atoms with Crippen LogP contribution in [0.1, 0.15) is 73.5 Å². The van der Waals surface area contributed by atoms with E-state index in [0.29, 0.717) is 6.42 Å². The number of hydrogen-bond donors (Lipinski definition) is 1. The molecule has 1 saturated heterocycles. The lowest BCUT2D eigenvalue weighted by atomic mass is 9.93. The zero-order chi connectivity index (χ0) is 25.0. The van der Waals surface area contributed by atoms with E-state index in [1.165, 1.54) is 16.8 Å². The predicted octanol–water partition coefficient (Wildman–Crippen LogP) is 5.16. The Labute approximate surface area is 200 Å². The van der Waals surface area contributed by atoms with Crippen molar-refractivity contribution >= 4 is 16.6 Å². The van der Waals surface area contributed by atoms with Gasteiger partial charge in [0.1, 0.15) is 11.8 Å². The fourth-order valence-corrected chi connectivity index (χ4v) is 7.17. The molecule has 3 rings (SSSR count).